The maximum atomic E-state index is 12.9. The highest BCUT2D eigenvalue weighted by atomic mass is 19.4. The molecule has 0 spiro atoms. The summed E-state index contributed by atoms with van der Waals surface area (Å²) in [4.78, 5) is 13.2. The third-order valence-corrected chi connectivity index (χ3v) is 3.92. The maximum Gasteiger partial charge on any atom is 0.416 e. The predicted octanol–water partition coefficient (Wildman–Crippen LogP) is 3.42. The summed E-state index contributed by atoms with van der Waals surface area (Å²) in [7, 11) is 0. The number of amides is 1. The first kappa shape index (κ1) is 17.6. The minimum Gasteiger partial charge on any atom is -0.450 e. The molecule has 1 fully saturated rings. The maximum absolute atomic E-state index is 12.9. The van der Waals surface area contributed by atoms with Gasteiger partial charge in [-0.15, -0.1) is 0 Å². The van der Waals surface area contributed by atoms with Gasteiger partial charge in [0.2, 0.25) is 0 Å². The monoisotopic (exact) mass is 330 g/mol. The van der Waals surface area contributed by atoms with E-state index in [4.69, 9.17) is 4.74 Å². The molecule has 1 aromatic carbocycles. The molecule has 2 rings (SSSR count). The van der Waals surface area contributed by atoms with Crippen molar-refractivity contribution in [3.8, 4) is 0 Å². The highest BCUT2D eigenvalue weighted by Gasteiger charge is 2.33. The zero-order valence-electron chi connectivity index (χ0n) is 13.0. The number of halogens is 3. The third-order valence-electron chi connectivity index (χ3n) is 3.92. The average molecular weight is 330 g/mol. The molecule has 1 N–H and O–H groups in total. The molecule has 7 heteroatoms. The van der Waals surface area contributed by atoms with E-state index in [9.17, 15) is 18.0 Å². The molecular formula is C16H21F3N2O2. The molecule has 1 amide bonds. The second kappa shape index (κ2) is 7.68. The molecule has 1 saturated heterocycles. The van der Waals surface area contributed by atoms with Crippen LogP contribution in [0.4, 0.5) is 18.0 Å². The Hall–Kier alpha value is -1.76. The van der Waals surface area contributed by atoms with Gasteiger partial charge < -0.3 is 15.0 Å². The molecule has 1 aliphatic rings. The van der Waals surface area contributed by atoms with E-state index < -0.39 is 11.7 Å². The summed E-state index contributed by atoms with van der Waals surface area (Å²) >= 11 is 0. The van der Waals surface area contributed by atoms with Crippen LogP contribution in [-0.4, -0.2) is 36.7 Å². The normalized spacial score (nSPS) is 16.4. The number of nitrogens with zero attached hydrogens (tertiary/aromatic N) is 1. The number of piperidine rings is 1. The summed E-state index contributed by atoms with van der Waals surface area (Å²) in [5.41, 5.74) is -0.357. The summed E-state index contributed by atoms with van der Waals surface area (Å²) < 4.78 is 43.8. The van der Waals surface area contributed by atoms with Gasteiger partial charge in [-0.2, -0.15) is 13.2 Å². The smallest absolute Gasteiger partial charge is 0.416 e. The molecule has 0 unspecified atom stereocenters. The van der Waals surface area contributed by atoms with Crippen LogP contribution in [0, 0.1) is 0 Å². The van der Waals surface area contributed by atoms with Crippen molar-refractivity contribution in [2.75, 3.05) is 19.7 Å². The summed E-state index contributed by atoms with van der Waals surface area (Å²) in [5.74, 6) is 0. The number of benzene rings is 1. The zero-order valence-corrected chi connectivity index (χ0v) is 13.0. The fourth-order valence-electron chi connectivity index (χ4n) is 2.69. The van der Waals surface area contributed by atoms with Crippen LogP contribution in [0.25, 0.3) is 0 Å². The number of likely N-dealkylation sites (tertiary alicyclic amines) is 1. The summed E-state index contributed by atoms with van der Waals surface area (Å²) in [6.45, 7) is 3.37. The molecule has 4 nitrogen and oxygen atoms in total. The van der Waals surface area contributed by atoms with Crippen molar-refractivity contribution in [1.82, 2.24) is 10.2 Å². The Bertz CT molecular complexity index is 526. The van der Waals surface area contributed by atoms with E-state index in [1.165, 1.54) is 12.1 Å². The first-order chi connectivity index (χ1) is 10.9. The van der Waals surface area contributed by atoms with E-state index in [1.807, 2.05) is 0 Å². The van der Waals surface area contributed by atoms with Gasteiger partial charge >= 0.3 is 12.3 Å². The van der Waals surface area contributed by atoms with Crippen molar-refractivity contribution in [2.24, 2.45) is 0 Å². The van der Waals surface area contributed by atoms with Gasteiger partial charge in [0.1, 0.15) is 0 Å². The Labute approximate surface area is 133 Å². The fraction of sp³-hybridized carbons (Fsp3) is 0.562. The molecule has 1 heterocycles. The summed E-state index contributed by atoms with van der Waals surface area (Å²) in [6, 6.07) is 5.69. The Kier molecular flexibility index (Phi) is 5.87. The van der Waals surface area contributed by atoms with Crippen LogP contribution < -0.4 is 5.32 Å². The van der Waals surface area contributed by atoms with Gasteiger partial charge in [-0.1, -0.05) is 18.2 Å². The number of hydrogen-bond acceptors (Lipinski definition) is 3. The Morgan fingerprint density at radius 1 is 1.30 bits per heavy atom. The van der Waals surface area contributed by atoms with Gasteiger partial charge in [0.05, 0.1) is 12.2 Å². The highest BCUT2D eigenvalue weighted by Crippen LogP contribution is 2.31. The number of ether oxygens (including phenoxy) is 1. The molecule has 1 aromatic rings. The number of carbonyl (C=O) groups excluding carboxylic acids is 1. The number of rotatable bonds is 4. The molecule has 0 atom stereocenters. The average Bonchev–Trinajstić information content (AvgIpc) is 2.53. The minimum absolute atomic E-state index is 0.0990. The quantitative estimate of drug-likeness (QED) is 0.920. The van der Waals surface area contributed by atoms with E-state index in [2.05, 4.69) is 5.32 Å². The van der Waals surface area contributed by atoms with Crippen LogP contribution in [0.5, 0.6) is 0 Å². The van der Waals surface area contributed by atoms with Crippen molar-refractivity contribution >= 4 is 6.09 Å². The van der Waals surface area contributed by atoms with Crippen LogP contribution in [0.3, 0.4) is 0 Å². The largest absolute Gasteiger partial charge is 0.450 e. The first-order valence-corrected chi connectivity index (χ1v) is 7.72. The molecule has 0 saturated carbocycles. The van der Waals surface area contributed by atoms with Crippen molar-refractivity contribution in [1.29, 1.82) is 0 Å². The molecular weight excluding hydrogens is 309 g/mol. The minimum atomic E-state index is -4.34. The van der Waals surface area contributed by atoms with Gasteiger partial charge in [-0.3, -0.25) is 0 Å². The van der Waals surface area contributed by atoms with E-state index in [1.54, 1.807) is 17.9 Å². The lowest BCUT2D eigenvalue weighted by Gasteiger charge is -2.32. The molecule has 1 aliphatic heterocycles. The van der Waals surface area contributed by atoms with Crippen LogP contribution in [-0.2, 0) is 17.5 Å². The van der Waals surface area contributed by atoms with E-state index in [0.29, 0.717) is 32.5 Å². The number of carbonyl (C=O) groups is 1. The molecule has 0 bridgehead atoms. The van der Waals surface area contributed by atoms with Gasteiger partial charge in [-0.25, -0.2) is 4.79 Å². The Morgan fingerprint density at radius 3 is 2.57 bits per heavy atom. The summed E-state index contributed by atoms with van der Waals surface area (Å²) in [5, 5.41) is 3.16. The number of nitrogens with one attached hydrogen (secondary N) is 1. The molecule has 0 radical (unpaired) electrons. The van der Waals surface area contributed by atoms with Crippen molar-refractivity contribution in [2.45, 2.75) is 38.5 Å². The van der Waals surface area contributed by atoms with Gasteiger partial charge in [0, 0.05) is 25.7 Å². The lowest BCUT2D eigenvalue weighted by Crippen LogP contribution is -2.45. The van der Waals surface area contributed by atoms with Crippen molar-refractivity contribution < 1.29 is 22.7 Å². The Morgan fingerprint density at radius 2 is 1.96 bits per heavy atom. The predicted molar refractivity (Wildman–Crippen MR) is 79.9 cm³/mol. The third kappa shape index (κ3) is 4.86. The molecule has 0 aliphatic carbocycles. The SMILES string of the molecule is CCOC(=O)N1CCC(NCc2ccccc2C(F)(F)F)CC1. The number of alkyl halides is 3. The van der Waals surface area contributed by atoms with Gasteiger partial charge in [0.25, 0.3) is 0 Å². The summed E-state index contributed by atoms with van der Waals surface area (Å²) in [6.07, 6.45) is -3.26. The lowest BCUT2D eigenvalue weighted by atomic mass is 10.0. The first-order valence-electron chi connectivity index (χ1n) is 7.72. The molecule has 23 heavy (non-hydrogen) atoms. The molecule has 128 valence electrons. The van der Waals surface area contributed by atoms with Crippen LogP contribution in [0.1, 0.15) is 30.9 Å². The second-order valence-corrected chi connectivity index (χ2v) is 5.50. The lowest BCUT2D eigenvalue weighted by molar-refractivity contribution is -0.138. The standard InChI is InChI=1S/C16H21F3N2O2/c1-2-23-15(22)21-9-7-13(8-10-21)20-11-12-5-3-4-6-14(12)16(17,18)19/h3-6,13,20H,2,7-11H2,1H3. The van der Waals surface area contributed by atoms with Crippen LogP contribution in [0.15, 0.2) is 24.3 Å². The van der Waals surface area contributed by atoms with Gasteiger partial charge in [0.15, 0.2) is 0 Å². The van der Waals surface area contributed by atoms with E-state index in [0.717, 1.165) is 6.07 Å². The van der Waals surface area contributed by atoms with E-state index in [-0.39, 0.29) is 24.2 Å². The zero-order chi connectivity index (χ0) is 16.9. The fourth-order valence-corrected chi connectivity index (χ4v) is 2.69. The van der Waals surface area contributed by atoms with Crippen LogP contribution in [0.2, 0.25) is 0 Å². The van der Waals surface area contributed by atoms with Crippen molar-refractivity contribution in [3.05, 3.63) is 35.4 Å². The topological polar surface area (TPSA) is 41.6 Å². The van der Waals surface area contributed by atoms with E-state index >= 15 is 0 Å². The molecule has 0 aromatic heterocycles. The number of hydrogen-bond donors (Lipinski definition) is 1. The van der Waals surface area contributed by atoms with Crippen molar-refractivity contribution in [3.63, 3.8) is 0 Å². The highest BCUT2D eigenvalue weighted by molar-refractivity contribution is 5.67. The van der Waals surface area contributed by atoms with Crippen LogP contribution >= 0.6 is 0 Å². The Balaban J connectivity index is 1.86. The van der Waals surface area contributed by atoms with Gasteiger partial charge in [-0.05, 0) is 31.4 Å². The second-order valence-electron chi connectivity index (χ2n) is 5.50.